The molecule has 15 heavy (non-hydrogen) atoms. The highest BCUT2D eigenvalue weighted by Crippen LogP contribution is 1.96. The molecule has 0 fully saturated rings. The first kappa shape index (κ1) is 14.0. The van der Waals surface area contributed by atoms with Crippen molar-refractivity contribution in [1.29, 1.82) is 0 Å². The van der Waals surface area contributed by atoms with E-state index in [4.69, 9.17) is 0 Å². The highest BCUT2D eigenvalue weighted by Gasteiger charge is 2.10. The van der Waals surface area contributed by atoms with E-state index in [-0.39, 0.29) is 11.9 Å². The molecule has 0 saturated carbocycles. The monoisotopic (exact) mass is 210 g/mol. The van der Waals surface area contributed by atoms with E-state index in [0.29, 0.717) is 12.5 Å². The Morgan fingerprint density at radius 2 is 2.00 bits per heavy atom. The number of nitrogens with one attached hydrogen (secondary N) is 2. The quantitative estimate of drug-likeness (QED) is 0.646. The summed E-state index contributed by atoms with van der Waals surface area (Å²) in [6.45, 7) is 9.24. The van der Waals surface area contributed by atoms with E-state index < -0.39 is 0 Å². The lowest BCUT2D eigenvalue weighted by molar-refractivity contribution is -0.122. The first-order chi connectivity index (χ1) is 7.07. The van der Waals surface area contributed by atoms with Crippen LogP contribution in [0.25, 0.3) is 0 Å². The zero-order valence-corrected chi connectivity index (χ0v) is 10.2. The molecule has 0 aromatic rings. The molecule has 0 spiro atoms. The normalized spacial score (nSPS) is 11.8. The van der Waals surface area contributed by atoms with Crippen LogP contribution < -0.4 is 10.6 Å². The summed E-state index contributed by atoms with van der Waals surface area (Å²) in [5.41, 5.74) is 0. The molecule has 0 aliphatic carbocycles. The van der Waals surface area contributed by atoms with E-state index in [1.165, 1.54) is 0 Å². The van der Waals surface area contributed by atoms with Crippen molar-refractivity contribution in [3.05, 3.63) is 0 Å². The number of hydrogen-bond donors (Lipinski definition) is 2. The molecule has 0 bridgehead atoms. The summed E-state index contributed by atoms with van der Waals surface area (Å²) in [7, 11) is 0. The molecule has 3 nitrogen and oxygen atoms in total. The average Bonchev–Trinajstić information content (AvgIpc) is 2.17. The number of amides is 1. The van der Waals surface area contributed by atoms with Crippen molar-refractivity contribution in [3.8, 4) is 11.8 Å². The van der Waals surface area contributed by atoms with Gasteiger partial charge < -0.3 is 5.32 Å². The summed E-state index contributed by atoms with van der Waals surface area (Å²) < 4.78 is 0. The summed E-state index contributed by atoms with van der Waals surface area (Å²) in [6.07, 6.45) is 1.02. The minimum atomic E-state index is -0.169. The van der Waals surface area contributed by atoms with Crippen molar-refractivity contribution >= 4 is 5.91 Å². The van der Waals surface area contributed by atoms with Gasteiger partial charge in [0.1, 0.15) is 0 Å². The molecule has 0 heterocycles. The number of rotatable bonds is 6. The molecule has 0 aliphatic heterocycles. The summed E-state index contributed by atoms with van der Waals surface area (Å²) in [5.74, 6) is 6.32. The molecule has 0 saturated heterocycles. The second-order valence-electron chi connectivity index (χ2n) is 4.00. The van der Waals surface area contributed by atoms with Crippen LogP contribution >= 0.6 is 0 Å². The van der Waals surface area contributed by atoms with Crippen LogP contribution in [0.5, 0.6) is 0 Å². The largest absolute Gasteiger partial charge is 0.355 e. The third-order valence-electron chi connectivity index (χ3n) is 2.09. The van der Waals surface area contributed by atoms with Crippen LogP contribution in [0.1, 0.15) is 34.1 Å². The fraction of sp³-hybridized carbons (Fsp3) is 0.750. The molecule has 1 amide bonds. The van der Waals surface area contributed by atoms with Gasteiger partial charge >= 0.3 is 0 Å². The second kappa shape index (κ2) is 8.31. The summed E-state index contributed by atoms with van der Waals surface area (Å²) in [4.78, 5) is 11.5. The molecule has 2 N–H and O–H groups in total. The zero-order valence-electron chi connectivity index (χ0n) is 10.2. The SMILES string of the molecule is CC#CCNC(C)C(=O)NCCC(C)C. The van der Waals surface area contributed by atoms with E-state index in [0.717, 1.165) is 13.0 Å². The fourth-order valence-corrected chi connectivity index (χ4v) is 1.02. The Morgan fingerprint density at radius 3 is 2.53 bits per heavy atom. The lowest BCUT2D eigenvalue weighted by atomic mass is 10.1. The van der Waals surface area contributed by atoms with Crippen molar-refractivity contribution in [2.75, 3.05) is 13.1 Å². The van der Waals surface area contributed by atoms with E-state index in [9.17, 15) is 4.79 Å². The summed E-state index contributed by atoms with van der Waals surface area (Å²) in [6, 6.07) is -0.169. The Balaban J connectivity index is 3.63. The molecular weight excluding hydrogens is 188 g/mol. The topological polar surface area (TPSA) is 41.1 Å². The highest BCUT2D eigenvalue weighted by atomic mass is 16.2. The van der Waals surface area contributed by atoms with Gasteiger partial charge in [0.25, 0.3) is 0 Å². The maximum Gasteiger partial charge on any atom is 0.236 e. The second-order valence-corrected chi connectivity index (χ2v) is 4.00. The van der Waals surface area contributed by atoms with Gasteiger partial charge in [-0.05, 0) is 26.2 Å². The van der Waals surface area contributed by atoms with Gasteiger partial charge in [0, 0.05) is 6.54 Å². The van der Waals surface area contributed by atoms with Crippen molar-refractivity contribution in [1.82, 2.24) is 10.6 Å². The molecule has 1 atom stereocenters. The van der Waals surface area contributed by atoms with Gasteiger partial charge in [-0.1, -0.05) is 19.8 Å². The average molecular weight is 210 g/mol. The van der Waals surface area contributed by atoms with E-state index in [1.54, 1.807) is 6.92 Å². The lowest BCUT2D eigenvalue weighted by Gasteiger charge is -2.12. The summed E-state index contributed by atoms with van der Waals surface area (Å²) in [5, 5.41) is 5.93. The minimum absolute atomic E-state index is 0.0496. The molecular formula is C12H22N2O. The molecule has 0 radical (unpaired) electrons. The van der Waals surface area contributed by atoms with Crippen LogP contribution in [0.15, 0.2) is 0 Å². The Kier molecular flexibility index (Phi) is 7.75. The van der Waals surface area contributed by atoms with Gasteiger partial charge in [0.05, 0.1) is 12.6 Å². The van der Waals surface area contributed by atoms with Crippen molar-refractivity contribution in [2.45, 2.75) is 40.2 Å². The molecule has 1 unspecified atom stereocenters. The molecule has 0 aromatic carbocycles. The van der Waals surface area contributed by atoms with E-state index in [1.807, 2.05) is 6.92 Å². The molecule has 3 heteroatoms. The predicted molar refractivity (Wildman–Crippen MR) is 63.4 cm³/mol. The van der Waals surface area contributed by atoms with Gasteiger partial charge in [0.2, 0.25) is 5.91 Å². The van der Waals surface area contributed by atoms with Gasteiger partial charge in [-0.15, -0.1) is 5.92 Å². The summed E-state index contributed by atoms with van der Waals surface area (Å²) >= 11 is 0. The zero-order chi connectivity index (χ0) is 11.7. The van der Waals surface area contributed by atoms with E-state index >= 15 is 0 Å². The standard InChI is InChI=1S/C12H22N2O/c1-5-6-8-13-11(4)12(15)14-9-7-10(2)3/h10-11,13H,7-9H2,1-4H3,(H,14,15). The first-order valence-electron chi connectivity index (χ1n) is 5.48. The Bertz CT molecular complexity index is 238. The number of carbonyl (C=O) groups is 1. The Morgan fingerprint density at radius 1 is 1.33 bits per heavy atom. The third-order valence-corrected chi connectivity index (χ3v) is 2.09. The van der Waals surface area contributed by atoms with Crippen LogP contribution in [-0.4, -0.2) is 25.0 Å². The molecule has 0 rings (SSSR count). The van der Waals surface area contributed by atoms with Gasteiger partial charge in [-0.2, -0.15) is 0 Å². The smallest absolute Gasteiger partial charge is 0.236 e. The molecule has 0 aliphatic rings. The van der Waals surface area contributed by atoms with Gasteiger partial charge in [-0.3, -0.25) is 10.1 Å². The van der Waals surface area contributed by atoms with Crippen LogP contribution in [0.4, 0.5) is 0 Å². The lowest BCUT2D eigenvalue weighted by Crippen LogP contribution is -2.42. The van der Waals surface area contributed by atoms with Crippen LogP contribution in [0, 0.1) is 17.8 Å². The van der Waals surface area contributed by atoms with E-state index in [2.05, 4.69) is 36.3 Å². The molecule has 0 aromatic heterocycles. The van der Waals surface area contributed by atoms with Crippen molar-refractivity contribution < 1.29 is 4.79 Å². The Hall–Kier alpha value is -1.01. The van der Waals surface area contributed by atoms with Crippen molar-refractivity contribution in [2.24, 2.45) is 5.92 Å². The third kappa shape index (κ3) is 8.02. The maximum atomic E-state index is 11.5. The van der Waals surface area contributed by atoms with Crippen LogP contribution in [-0.2, 0) is 4.79 Å². The number of hydrogen-bond acceptors (Lipinski definition) is 2. The number of carbonyl (C=O) groups excluding carboxylic acids is 1. The highest BCUT2D eigenvalue weighted by molar-refractivity contribution is 5.81. The van der Waals surface area contributed by atoms with Gasteiger partial charge in [-0.25, -0.2) is 0 Å². The van der Waals surface area contributed by atoms with Crippen molar-refractivity contribution in [3.63, 3.8) is 0 Å². The maximum absolute atomic E-state index is 11.5. The van der Waals surface area contributed by atoms with Gasteiger partial charge in [0.15, 0.2) is 0 Å². The minimum Gasteiger partial charge on any atom is -0.355 e. The molecule has 86 valence electrons. The van der Waals surface area contributed by atoms with Crippen LogP contribution in [0.2, 0.25) is 0 Å². The first-order valence-corrected chi connectivity index (χ1v) is 5.48. The Labute approximate surface area is 93.0 Å². The predicted octanol–water partition coefficient (Wildman–Crippen LogP) is 1.15. The van der Waals surface area contributed by atoms with Crippen LogP contribution in [0.3, 0.4) is 0 Å². The fourth-order valence-electron chi connectivity index (χ4n) is 1.02.